The van der Waals surface area contributed by atoms with Gasteiger partial charge in [0.1, 0.15) is 22.8 Å². The maximum absolute atomic E-state index is 14.3. The molecule has 5 nitrogen and oxygen atoms in total. The van der Waals surface area contributed by atoms with E-state index in [-0.39, 0.29) is 27.8 Å². The normalized spacial score (nSPS) is 20.6. The Morgan fingerprint density at radius 1 is 1.37 bits per heavy atom. The lowest BCUT2D eigenvalue weighted by atomic mass is 9.92. The number of carbonyl (C=O) groups excluding carboxylic acids is 1. The van der Waals surface area contributed by atoms with E-state index in [0.717, 1.165) is 19.6 Å². The monoisotopic (exact) mass is 393 g/mol. The largest absolute Gasteiger partial charge is 0.360 e. The smallest absolute Gasteiger partial charge is 0.257 e. The molecule has 27 heavy (non-hydrogen) atoms. The number of hydrogen-bond donors (Lipinski definition) is 1. The minimum atomic E-state index is -0.541. The van der Waals surface area contributed by atoms with Gasteiger partial charge in [-0.2, -0.15) is 0 Å². The van der Waals surface area contributed by atoms with Crippen molar-refractivity contribution in [1.29, 1.82) is 0 Å². The van der Waals surface area contributed by atoms with E-state index in [9.17, 15) is 9.18 Å². The van der Waals surface area contributed by atoms with Crippen LogP contribution in [-0.4, -0.2) is 42.1 Å². The molecule has 0 aliphatic carbocycles. The number of likely N-dealkylation sites (tertiary alicyclic amines) is 1. The van der Waals surface area contributed by atoms with Crippen LogP contribution in [0.4, 0.5) is 4.39 Å². The molecule has 0 bridgehead atoms. The van der Waals surface area contributed by atoms with Crippen molar-refractivity contribution in [2.24, 2.45) is 11.8 Å². The van der Waals surface area contributed by atoms with Crippen LogP contribution in [0.1, 0.15) is 36.4 Å². The summed E-state index contributed by atoms with van der Waals surface area (Å²) in [6.07, 6.45) is 1.25. The molecule has 1 N–H and O–H groups in total. The topological polar surface area (TPSA) is 58.4 Å². The van der Waals surface area contributed by atoms with Gasteiger partial charge in [-0.3, -0.25) is 4.79 Å². The van der Waals surface area contributed by atoms with Gasteiger partial charge in [-0.1, -0.05) is 36.7 Å². The molecule has 0 saturated carbocycles. The van der Waals surface area contributed by atoms with E-state index in [1.54, 1.807) is 13.0 Å². The van der Waals surface area contributed by atoms with Gasteiger partial charge in [0.2, 0.25) is 0 Å². The third-order valence-electron chi connectivity index (χ3n) is 4.95. The Labute approximate surface area is 163 Å². The molecule has 1 aliphatic rings. The molecule has 2 heterocycles. The molecule has 2 atom stereocenters. The predicted molar refractivity (Wildman–Crippen MR) is 103 cm³/mol. The SMILES string of the molecule is Cc1onc(-c2c(F)cccc2Cl)c1C(=O)NCCN1CC(C)CC(C)C1. The fourth-order valence-corrected chi connectivity index (χ4v) is 4.18. The van der Waals surface area contributed by atoms with Crippen molar-refractivity contribution in [2.45, 2.75) is 27.2 Å². The number of rotatable bonds is 5. The van der Waals surface area contributed by atoms with Gasteiger partial charge in [0, 0.05) is 26.2 Å². The fourth-order valence-electron chi connectivity index (χ4n) is 3.92. The van der Waals surface area contributed by atoms with Gasteiger partial charge in [-0.15, -0.1) is 0 Å². The third kappa shape index (κ3) is 4.50. The van der Waals surface area contributed by atoms with E-state index in [1.165, 1.54) is 18.6 Å². The second-order valence-electron chi connectivity index (χ2n) is 7.52. The summed E-state index contributed by atoms with van der Waals surface area (Å²) in [5, 5.41) is 6.97. The van der Waals surface area contributed by atoms with Crippen LogP contribution in [0, 0.1) is 24.6 Å². The number of nitrogens with zero attached hydrogens (tertiary/aromatic N) is 2. The van der Waals surface area contributed by atoms with Gasteiger partial charge in [-0.25, -0.2) is 4.39 Å². The average molecular weight is 394 g/mol. The Morgan fingerprint density at radius 2 is 2.07 bits per heavy atom. The lowest BCUT2D eigenvalue weighted by Gasteiger charge is -2.34. The van der Waals surface area contributed by atoms with E-state index in [0.29, 0.717) is 24.1 Å². The van der Waals surface area contributed by atoms with Crippen molar-refractivity contribution in [3.8, 4) is 11.3 Å². The number of aryl methyl sites for hydroxylation is 1. The Balaban J connectivity index is 1.70. The summed E-state index contributed by atoms with van der Waals surface area (Å²) in [5.74, 6) is 0.795. The lowest BCUT2D eigenvalue weighted by molar-refractivity contribution is 0.0935. The van der Waals surface area contributed by atoms with Crippen LogP contribution in [-0.2, 0) is 0 Å². The summed E-state index contributed by atoms with van der Waals surface area (Å²) < 4.78 is 19.4. The molecule has 7 heteroatoms. The van der Waals surface area contributed by atoms with Crippen LogP contribution in [0.25, 0.3) is 11.3 Å². The van der Waals surface area contributed by atoms with E-state index in [4.69, 9.17) is 16.1 Å². The number of piperidine rings is 1. The first kappa shape index (κ1) is 19.8. The van der Waals surface area contributed by atoms with Gasteiger partial charge in [-0.05, 0) is 37.3 Å². The van der Waals surface area contributed by atoms with E-state index in [1.807, 2.05) is 0 Å². The molecular weight excluding hydrogens is 369 g/mol. The minimum Gasteiger partial charge on any atom is -0.360 e. The Hall–Kier alpha value is -1.92. The van der Waals surface area contributed by atoms with Crippen LogP contribution in [0.5, 0.6) is 0 Å². The molecule has 2 unspecified atom stereocenters. The summed E-state index contributed by atoms with van der Waals surface area (Å²) in [6, 6.07) is 4.35. The van der Waals surface area contributed by atoms with Crippen molar-refractivity contribution in [3.63, 3.8) is 0 Å². The van der Waals surface area contributed by atoms with Crippen LogP contribution in [0.2, 0.25) is 5.02 Å². The van der Waals surface area contributed by atoms with Gasteiger partial charge in [0.15, 0.2) is 0 Å². The summed E-state index contributed by atoms with van der Waals surface area (Å²) in [4.78, 5) is 15.1. The number of halogens is 2. The first-order valence-electron chi connectivity index (χ1n) is 9.28. The number of nitrogens with one attached hydrogen (secondary N) is 1. The second-order valence-corrected chi connectivity index (χ2v) is 7.93. The molecule has 1 fully saturated rings. The Bertz CT molecular complexity index is 793. The highest BCUT2D eigenvalue weighted by Crippen LogP contribution is 2.33. The van der Waals surface area contributed by atoms with Crippen LogP contribution in [0.3, 0.4) is 0 Å². The predicted octanol–water partition coefficient (Wildman–Crippen LogP) is 4.15. The highest BCUT2D eigenvalue weighted by atomic mass is 35.5. The maximum Gasteiger partial charge on any atom is 0.257 e. The lowest BCUT2D eigenvalue weighted by Crippen LogP contribution is -2.42. The van der Waals surface area contributed by atoms with Gasteiger partial charge in [0.25, 0.3) is 5.91 Å². The van der Waals surface area contributed by atoms with Crippen molar-refractivity contribution in [2.75, 3.05) is 26.2 Å². The molecule has 2 aromatic rings. The van der Waals surface area contributed by atoms with Crippen LogP contribution < -0.4 is 5.32 Å². The third-order valence-corrected chi connectivity index (χ3v) is 5.26. The van der Waals surface area contributed by atoms with E-state index in [2.05, 4.69) is 29.2 Å². The summed E-state index contributed by atoms with van der Waals surface area (Å²) >= 11 is 6.12. The summed E-state index contributed by atoms with van der Waals surface area (Å²) in [7, 11) is 0. The van der Waals surface area contributed by atoms with Gasteiger partial charge in [0.05, 0.1) is 10.6 Å². The zero-order valence-electron chi connectivity index (χ0n) is 15.9. The maximum atomic E-state index is 14.3. The average Bonchev–Trinajstić information content (AvgIpc) is 2.95. The van der Waals surface area contributed by atoms with Gasteiger partial charge < -0.3 is 14.7 Å². The molecule has 1 aromatic carbocycles. The highest BCUT2D eigenvalue weighted by molar-refractivity contribution is 6.33. The number of benzene rings is 1. The Kier molecular flexibility index (Phi) is 6.17. The quantitative estimate of drug-likeness (QED) is 0.829. The van der Waals surface area contributed by atoms with Crippen molar-refractivity contribution in [3.05, 3.63) is 40.4 Å². The van der Waals surface area contributed by atoms with Crippen molar-refractivity contribution in [1.82, 2.24) is 15.4 Å². The molecule has 1 saturated heterocycles. The fraction of sp³-hybridized carbons (Fsp3) is 0.500. The van der Waals surface area contributed by atoms with E-state index >= 15 is 0 Å². The number of amides is 1. The van der Waals surface area contributed by atoms with Crippen LogP contribution in [0.15, 0.2) is 22.7 Å². The standard InChI is InChI=1S/C20H25ClFN3O2/c1-12-9-13(2)11-25(10-12)8-7-23-20(26)17-14(3)27-24-19(17)18-15(21)5-4-6-16(18)22/h4-6,12-13H,7-11H2,1-3H3,(H,23,26). The minimum absolute atomic E-state index is 0.0832. The molecule has 0 radical (unpaired) electrons. The summed E-state index contributed by atoms with van der Waals surface area (Å²) in [6.45, 7) is 9.52. The molecule has 1 aliphatic heterocycles. The zero-order chi connectivity index (χ0) is 19.6. The van der Waals surface area contributed by atoms with Crippen molar-refractivity contribution < 1.29 is 13.7 Å². The summed E-state index contributed by atoms with van der Waals surface area (Å²) in [5.41, 5.74) is 0.440. The van der Waals surface area contributed by atoms with Gasteiger partial charge >= 0.3 is 0 Å². The first-order valence-corrected chi connectivity index (χ1v) is 9.65. The molecule has 1 aromatic heterocycles. The molecule has 3 rings (SSSR count). The second kappa shape index (κ2) is 8.40. The Morgan fingerprint density at radius 3 is 2.74 bits per heavy atom. The number of hydrogen-bond acceptors (Lipinski definition) is 4. The molecule has 0 spiro atoms. The van der Waals surface area contributed by atoms with E-state index < -0.39 is 5.82 Å². The molecule has 146 valence electrons. The number of aromatic nitrogens is 1. The van der Waals surface area contributed by atoms with Crippen LogP contribution >= 0.6 is 11.6 Å². The highest BCUT2D eigenvalue weighted by Gasteiger charge is 2.26. The number of carbonyl (C=O) groups is 1. The van der Waals surface area contributed by atoms with Crippen molar-refractivity contribution >= 4 is 17.5 Å². The first-order chi connectivity index (χ1) is 12.9. The molecule has 1 amide bonds. The zero-order valence-corrected chi connectivity index (χ0v) is 16.6. The molecular formula is C20H25ClFN3O2.